The van der Waals surface area contributed by atoms with Gasteiger partial charge in [0, 0.05) is 6.04 Å². The van der Waals surface area contributed by atoms with Crippen molar-refractivity contribution in [3.8, 4) is 0 Å². The molecular weight excluding hydrogens is 212 g/mol. The molecule has 0 unspecified atom stereocenters. The summed E-state index contributed by atoms with van der Waals surface area (Å²) in [6, 6.07) is 3.23. The molecule has 88 valence electrons. The third-order valence-electron chi connectivity index (χ3n) is 2.55. The monoisotopic (exact) mass is 227 g/mol. The smallest absolute Gasteiger partial charge is 0.257 e. The van der Waals surface area contributed by atoms with E-state index in [9.17, 15) is 13.6 Å². The minimum absolute atomic E-state index is 0.133. The van der Waals surface area contributed by atoms with E-state index in [0.29, 0.717) is 0 Å². The molecule has 2 nitrogen and oxygen atoms in total. The Morgan fingerprint density at radius 2 is 1.69 bits per heavy atom. The van der Waals surface area contributed by atoms with Crippen LogP contribution in [0, 0.1) is 17.6 Å². The van der Waals surface area contributed by atoms with Gasteiger partial charge in [0.2, 0.25) is 0 Å². The standard InChI is InChI=1S/C12H15F2NO/c1-7(2)8(3)15-12(16)11-9(13)5-4-6-10(11)14/h4-8H,1-3H3,(H,15,16)/t8-/m1/s1. The first kappa shape index (κ1) is 12.6. The Balaban J connectivity index is 2.89. The maximum Gasteiger partial charge on any atom is 0.257 e. The second-order valence-electron chi connectivity index (χ2n) is 4.10. The molecule has 0 aromatic heterocycles. The maximum absolute atomic E-state index is 13.3. The lowest BCUT2D eigenvalue weighted by Gasteiger charge is -2.17. The topological polar surface area (TPSA) is 29.1 Å². The number of carbonyl (C=O) groups excluding carboxylic acids is 1. The molecule has 16 heavy (non-hydrogen) atoms. The number of benzene rings is 1. The van der Waals surface area contributed by atoms with Gasteiger partial charge in [0.15, 0.2) is 0 Å². The summed E-state index contributed by atoms with van der Waals surface area (Å²) in [6.45, 7) is 5.63. The van der Waals surface area contributed by atoms with Crippen molar-refractivity contribution in [3.63, 3.8) is 0 Å². The van der Waals surface area contributed by atoms with E-state index in [1.165, 1.54) is 6.07 Å². The SMILES string of the molecule is CC(C)[C@@H](C)NC(=O)c1c(F)cccc1F. The molecule has 4 heteroatoms. The number of halogens is 2. The summed E-state index contributed by atoms with van der Waals surface area (Å²) in [6.07, 6.45) is 0. The van der Waals surface area contributed by atoms with Crippen molar-refractivity contribution in [1.82, 2.24) is 5.32 Å². The van der Waals surface area contributed by atoms with Crippen LogP contribution in [0.3, 0.4) is 0 Å². The van der Waals surface area contributed by atoms with Crippen LogP contribution >= 0.6 is 0 Å². The van der Waals surface area contributed by atoms with E-state index in [0.717, 1.165) is 12.1 Å². The second-order valence-corrected chi connectivity index (χ2v) is 4.10. The first-order valence-corrected chi connectivity index (χ1v) is 5.18. The van der Waals surface area contributed by atoms with Crippen molar-refractivity contribution >= 4 is 5.91 Å². The van der Waals surface area contributed by atoms with Crippen LogP contribution in [-0.2, 0) is 0 Å². The highest BCUT2D eigenvalue weighted by Gasteiger charge is 2.19. The average molecular weight is 227 g/mol. The molecule has 1 atom stereocenters. The van der Waals surface area contributed by atoms with E-state index < -0.39 is 23.1 Å². The van der Waals surface area contributed by atoms with Crippen molar-refractivity contribution in [2.24, 2.45) is 5.92 Å². The van der Waals surface area contributed by atoms with E-state index in [-0.39, 0.29) is 12.0 Å². The van der Waals surface area contributed by atoms with Crippen LogP contribution in [0.15, 0.2) is 18.2 Å². The van der Waals surface area contributed by atoms with Crippen molar-refractivity contribution in [2.45, 2.75) is 26.8 Å². The van der Waals surface area contributed by atoms with Gasteiger partial charge in [-0.15, -0.1) is 0 Å². The van der Waals surface area contributed by atoms with E-state index >= 15 is 0 Å². The molecule has 0 spiro atoms. The Labute approximate surface area is 93.7 Å². The Morgan fingerprint density at radius 1 is 1.19 bits per heavy atom. The number of nitrogens with one attached hydrogen (secondary N) is 1. The molecule has 1 rings (SSSR count). The summed E-state index contributed by atoms with van der Waals surface area (Å²) in [5, 5.41) is 2.56. The number of rotatable bonds is 3. The summed E-state index contributed by atoms with van der Waals surface area (Å²) in [5.41, 5.74) is -0.519. The Kier molecular flexibility index (Phi) is 3.99. The molecule has 1 aromatic carbocycles. The maximum atomic E-state index is 13.3. The van der Waals surface area contributed by atoms with Crippen LogP contribution in [0.1, 0.15) is 31.1 Å². The molecule has 0 aliphatic heterocycles. The minimum Gasteiger partial charge on any atom is -0.349 e. The zero-order chi connectivity index (χ0) is 12.3. The van der Waals surface area contributed by atoms with Gasteiger partial charge in [0.25, 0.3) is 5.91 Å². The molecule has 0 aliphatic rings. The van der Waals surface area contributed by atoms with Gasteiger partial charge in [-0.3, -0.25) is 4.79 Å². The number of hydrogen-bond donors (Lipinski definition) is 1. The van der Waals surface area contributed by atoms with Crippen LogP contribution in [0.2, 0.25) is 0 Å². The predicted molar refractivity (Wildman–Crippen MR) is 58.1 cm³/mol. The van der Waals surface area contributed by atoms with Crippen LogP contribution < -0.4 is 5.32 Å². The van der Waals surface area contributed by atoms with Crippen molar-refractivity contribution < 1.29 is 13.6 Å². The summed E-state index contributed by atoms with van der Waals surface area (Å²) >= 11 is 0. The number of hydrogen-bond acceptors (Lipinski definition) is 1. The quantitative estimate of drug-likeness (QED) is 0.845. The Bertz CT molecular complexity index is 370. The molecule has 0 fully saturated rings. The zero-order valence-corrected chi connectivity index (χ0v) is 9.55. The average Bonchev–Trinajstić information content (AvgIpc) is 2.16. The van der Waals surface area contributed by atoms with Gasteiger partial charge < -0.3 is 5.32 Å². The fraction of sp³-hybridized carbons (Fsp3) is 0.417. The van der Waals surface area contributed by atoms with Crippen LogP contribution in [0.5, 0.6) is 0 Å². The molecule has 0 heterocycles. The van der Waals surface area contributed by atoms with Gasteiger partial charge in [0.05, 0.1) is 0 Å². The van der Waals surface area contributed by atoms with Gasteiger partial charge in [-0.2, -0.15) is 0 Å². The molecule has 0 saturated heterocycles. The normalized spacial score (nSPS) is 12.6. The molecule has 0 aliphatic carbocycles. The molecule has 0 saturated carbocycles. The fourth-order valence-corrected chi connectivity index (χ4v) is 1.16. The van der Waals surface area contributed by atoms with Crippen molar-refractivity contribution in [2.75, 3.05) is 0 Å². The molecule has 0 radical (unpaired) electrons. The van der Waals surface area contributed by atoms with Crippen LogP contribution in [-0.4, -0.2) is 11.9 Å². The Hall–Kier alpha value is -1.45. The summed E-state index contributed by atoms with van der Waals surface area (Å²) in [5.74, 6) is -2.18. The molecule has 0 bridgehead atoms. The highest BCUT2D eigenvalue weighted by molar-refractivity contribution is 5.94. The van der Waals surface area contributed by atoms with Gasteiger partial charge in [-0.05, 0) is 25.0 Å². The van der Waals surface area contributed by atoms with Crippen molar-refractivity contribution in [3.05, 3.63) is 35.4 Å². The predicted octanol–water partition coefficient (Wildman–Crippen LogP) is 2.74. The van der Waals surface area contributed by atoms with Gasteiger partial charge in [-0.1, -0.05) is 19.9 Å². The van der Waals surface area contributed by atoms with Crippen LogP contribution in [0.4, 0.5) is 8.78 Å². The van der Waals surface area contributed by atoms with Crippen LogP contribution in [0.25, 0.3) is 0 Å². The first-order chi connectivity index (χ1) is 7.43. The minimum atomic E-state index is -0.839. The van der Waals surface area contributed by atoms with Gasteiger partial charge >= 0.3 is 0 Å². The van der Waals surface area contributed by atoms with E-state index in [1.54, 1.807) is 6.92 Å². The first-order valence-electron chi connectivity index (χ1n) is 5.18. The third-order valence-corrected chi connectivity index (χ3v) is 2.55. The highest BCUT2D eigenvalue weighted by Crippen LogP contribution is 2.12. The zero-order valence-electron chi connectivity index (χ0n) is 9.55. The highest BCUT2D eigenvalue weighted by atomic mass is 19.1. The lowest BCUT2D eigenvalue weighted by Crippen LogP contribution is -2.37. The summed E-state index contributed by atoms with van der Waals surface area (Å²) in [4.78, 5) is 11.6. The fourth-order valence-electron chi connectivity index (χ4n) is 1.16. The lowest BCUT2D eigenvalue weighted by molar-refractivity contribution is 0.0922. The number of amides is 1. The largest absolute Gasteiger partial charge is 0.349 e. The number of carbonyl (C=O) groups is 1. The van der Waals surface area contributed by atoms with E-state index in [4.69, 9.17) is 0 Å². The molecule has 1 N–H and O–H groups in total. The van der Waals surface area contributed by atoms with E-state index in [2.05, 4.69) is 5.32 Å². The molecule has 1 aromatic rings. The molecular formula is C12H15F2NO. The van der Waals surface area contributed by atoms with Crippen molar-refractivity contribution in [1.29, 1.82) is 0 Å². The second kappa shape index (κ2) is 5.05. The summed E-state index contributed by atoms with van der Waals surface area (Å²) in [7, 11) is 0. The lowest BCUT2D eigenvalue weighted by atomic mass is 10.1. The third kappa shape index (κ3) is 2.78. The van der Waals surface area contributed by atoms with Gasteiger partial charge in [0.1, 0.15) is 17.2 Å². The van der Waals surface area contributed by atoms with Gasteiger partial charge in [-0.25, -0.2) is 8.78 Å². The molecule has 1 amide bonds. The Morgan fingerprint density at radius 3 is 2.12 bits per heavy atom. The van der Waals surface area contributed by atoms with E-state index in [1.807, 2.05) is 13.8 Å². The summed E-state index contributed by atoms with van der Waals surface area (Å²) < 4.78 is 26.5.